The Morgan fingerprint density at radius 3 is 2.62 bits per heavy atom. The molecule has 2 unspecified atom stereocenters. The van der Waals surface area contributed by atoms with Crippen molar-refractivity contribution in [3.8, 4) is 0 Å². The van der Waals surface area contributed by atoms with Gasteiger partial charge in [-0.25, -0.2) is 0 Å². The van der Waals surface area contributed by atoms with Crippen LogP contribution in [0.1, 0.15) is 32.1 Å². The van der Waals surface area contributed by atoms with Gasteiger partial charge in [-0.15, -0.1) is 0 Å². The first-order chi connectivity index (χ1) is 9.91. The summed E-state index contributed by atoms with van der Waals surface area (Å²) in [6.45, 7) is 0. The summed E-state index contributed by atoms with van der Waals surface area (Å²) in [5.74, 6) is -1.01. The fraction of sp³-hybridized carbons (Fsp3) is 0.667. The van der Waals surface area contributed by atoms with Crippen LogP contribution >= 0.6 is 0 Å². The fourth-order valence-electron chi connectivity index (χ4n) is 2.74. The Hall–Kier alpha value is -1.11. The van der Waals surface area contributed by atoms with Crippen LogP contribution in [-0.4, -0.2) is 52.5 Å². The van der Waals surface area contributed by atoms with E-state index in [-0.39, 0.29) is 18.3 Å². The molecule has 1 aliphatic carbocycles. The Morgan fingerprint density at radius 2 is 2.00 bits per heavy atom. The maximum Gasteiger partial charge on any atom is 0.303 e. The van der Waals surface area contributed by atoms with Gasteiger partial charge in [-0.3, -0.25) is 4.79 Å². The number of aliphatic carboxylic acids is 1. The molecule has 0 bridgehead atoms. The molecule has 6 heteroatoms. The van der Waals surface area contributed by atoms with E-state index in [0.717, 1.165) is 0 Å². The van der Waals surface area contributed by atoms with Gasteiger partial charge < -0.3 is 20.4 Å². The number of allylic oxidation sites excluding steroid dienone is 2. The number of rotatable bonds is 8. The van der Waals surface area contributed by atoms with Gasteiger partial charge in [-0.05, 0) is 25.2 Å². The smallest absolute Gasteiger partial charge is 0.303 e. The van der Waals surface area contributed by atoms with E-state index in [4.69, 9.17) is 5.11 Å². The second-order valence-electron chi connectivity index (χ2n) is 5.73. The summed E-state index contributed by atoms with van der Waals surface area (Å²) in [5.41, 5.74) is 0. The molecule has 0 amide bonds. The largest absolute Gasteiger partial charge is 0.481 e. The number of aliphatic hydroxyl groups excluding tert-OH is 3. The number of hydrogen-bond donors (Lipinski definition) is 4. The van der Waals surface area contributed by atoms with E-state index >= 15 is 0 Å². The summed E-state index contributed by atoms with van der Waals surface area (Å²) >= 11 is 0. The van der Waals surface area contributed by atoms with Gasteiger partial charge in [0.1, 0.15) is 7.85 Å². The molecule has 0 radical (unpaired) electrons. The average Bonchev–Trinajstić information content (AvgIpc) is 2.65. The Bertz CT molecular complexity index is 380. The number of unbranched alkanes of at least 4 members (excludes halogenated alkanes) is 1. The van der Waals surface area contributed by atoms with Crippen molar-refractivity contribution in [2.24, 2.45) is 11.8 Å². The maximum absolute atomic E-state index is 10.4. The molecule has 0 aromatic rings. The van der Waals surface area contributed by atoms with Crippen LogP contribution in [0.25, 0.3) is 0 Å². The minimum Gasteiger partial charge on any atom is -0.481 e. The van der Waals surface area contributed by atoms with E-state index in [9.17, 15) is 20.1 Å². The van der Waals surface area contributed by atoms with Gasteiger partial charge in [-0.1, -0.05) is 24.3 Å². The van der Waals surface area contributed by atoms with Crippen molar-refractivity contribution in [2.75, 3.05) is 0 Å². The minimum absolute atomic E-state index is 0.0641. The molecular weight excluding hydrogens is 271 g/mol. The van der Waals surface area contributed by atoms with E-state index in [0.29, 0.717) is 25.7 Å². The average molecular weight is 296 g/mol. The second kappa shape index (κ2) is 9.02. The Labute approximate surface area is 126 Å². The van der Waals surface area contributed by atoms with E-state index in [1.165, 1.54) is 0 Å². The highest BCUT2D eigenvalue weighted by Gasteiger charge is 2.39. The first kappa shape index (κ1) is 17.9. The molecule has 0 aromatic heterocycles. The lowest BCUT2D eigenvalue weighted by molar-refractivity contribution is -0.137. The highest BCUT2D eigenvalue weighted by Crippen LogP contribution is 2.36. The zero-order valence-electron chi connectivity index (χ0n) is 12.4. The van der Waals surface area contributed by atoms with Gasteiger partial charge in [0.2, 0.25) is 0 Å². The standard InChI is InChI=1S/C15H25BO5/c16-14(19)8-7-11-10(12(17)9-13(11)18)5-3-1-2-4-6-15(20)21/h1,3,7-8,10-14,17-19H,2,4-6,9,16H2,(H,20,21)/b3-1-,8-7+/t10-,11-,12?,13-,14?/m1/s1. The van der Waals surface area contributed by atoms with Crippen LogP contribution in [0.2, 0.25) is 0 Å². The summed E-state index contributed by atoms with van der Waals surface area (Å²) in [7, 11) is 1.64. The highest BCUT2D eigenvalue weighted by atomic mass is 16.4. The summed E-state index contributed by atoms with van der Waals surface area (Å²) < 4.78 is 0. The van der Waals surface area contributed by atoms with Gasteiger partial charge in [0.15, 0.2) is 0 Å². The zero-order chi connectivity index (χ0) is 15.8. The highest BCUT2D eigenvalue weighted by molar-refractivity contribution is 6.12. The lowest BCUT2D eigenvalue weighted by atomic mass is 9.88. The first-order valence-corrected chi connectivity index (χ1v) is 7.51. The van der Waals surface area contributed by atoms with Crippen molar-refractivity contribution in [1.82, 2.24) is 0 Å². The molecule has 0 spiro atoms. The van der Waals surface area contributed by atoms with Crippen LogP contribution in [0.5, 0.6) is 0 Å². The van der Waals surface area contributed by atoms with Crippen LogP contribution in [-0.2, 0) is 4.79 Å². The number of aliphatic hydroxyl groups is 3. The quantitative estimate of drug-likeness (QED) is 0.288. The molecule has 0 saturated heterocycles. The molecule has 5 atom stereocenters. The van der Waals surface area contributed by atoms with Gasteiger partial charge in [0, 0.05) is 24.8 Å². The topological polar surface area (TPSA) is 98.0 Å². The zero-order valence-corrected chi connectivity index (χ0v) is 12.4. The number of carboxylic acids is 1. The third-order valence-electron chi connectivity index (χ3n) is 3.86. The monoisotopic (exact) mass is 296 g/mol. The summed E-state index contributed by atoms with van der Waals surface area (Å²) in [6.07, 6.45) is 8.62. The van der Waals surface area contributed by atoms with E-state index in [2.05, 4.69) is 0 Å². The van der Waals surface area contributed by atoms with Crippen molar-refractivity contribution >= 4 is 13.8 Å². The van der Waals surface area contributed by atoms with Crippen molar-refractivity contribution in [1.29, 1.82) is 0 Å². The van der Waals surface area contributed by atoms with E-state index in [1.807, 2.05) is 12.2 Å². The predicted octanol–water partition coefficient (Wildman–Crippen LogP) is 0.0532. The van der Waals surface area contributed by atoms with Crippen molar-refractivity contribution < 1.29 is 25.2 Å². The number of carbonyl (C=O) groups is 1. The number of carboxylic acid groups (broad SMARTS) is 1. The predicted molar refractivity (Wildman–Crippen MR) is 82.5 cm³/mol. The SMILES string of the molecule is BC(O)/C=C/[C@H]1[C@H](O)CC(O)[C@@H]1C/C=C\CCCC(=O)O. The molecule has 1 rings (SSSR count). The van der Waals surface area contributed by atoms with Crippen LogP contribution < -0.4 is 0 Å². The Balaban J connectivity index is 2.46. The third kappa shape index (κ3) is 6.46. The van der Waals surface area contributed by atoms with E-state index in [1.54, 1.807) is 20.0 Å². The van der Waals surface area contributed by atoms with Crippen molar-refractivity contribution in [3.63, 3.8) is 0 Å². The lowest BCUT2D eigenvalue weighted by Crippen LogP contribution is -2.20. The van der Waals surface area contributed by atoms with Crippen molar-refractivity contribution in [2.45, 2.75) is 50.3 Å². The lowest BCUT2D eigenvalue weighted by Gasteiger charge is -2.19. The van der Waals surface area contributed by atoms with Gasteiger partial charge in [0.05, 0.1) is 12.2 Å². The molecule has 0 aliphatic heterocycles. The van der Waals surface area contributed by atoms with Crippen LogP contribution in [0.4, 0.5) is 0 Å². The molecule has 4 N–H and O–H groups in total. The normalized spacial score (nSPS) is 31.2. The Kier molecular flexibility index (Phi) is 7.71. The van der Waals surface area contributed by atoms with Gasteiger partial charge in [-0.2, -0.15) is 0 Å². The summed E-state index contributed by atoms with van der Waals surface area (Å²) in [5, 5.41) is 37.8. The Morgan fingerprint density at radius 1 is 1.29 bits per heavy atom. The minimum atomic E-state index is -0.791. The molecule has 21 heavy (non-hydrogen) atoms. The molecule has 5 nitrogen and oxygen atoms in total. The van der Waals surface area contributed by atoms with Crippen molar-refractivity contribution in [3.05, 3.63) is 24.3 Å². The van der Waals surface area contributed by atoms with Crippen LogP contribution in [0, 0.1) is 11.8 Å². The van der Waals surface area contributed by atoms with Gasteiger partial charge >= 0.3 is 5.97 Å². The molecule has 0 aromatic carbocycles. The van der Waals surface area contributed by atoms with Crippen LogP contribution in [0.3, 0.4) is 0 Å². The molecular formula is C15H25BO5. The molecule has 1 saturated carbocycles. The molecule has 1 aliphatic rings. The number of hydrogen-bond acceptors (Lipinski definition) is 4. The van der Waals surface area contributed by atoms with E-state index < -0.39 is 24.2 Å². The molecule has 0 heterocycles. The summed E-state index contributed by atoms with van der Waals surface area (Å²) in [4.78, 5) is 10.4. The maximum atomic E-state index is 10.4. The molecule has 1 fully saturated rings. The second-order valence-corrected chi connectivity index (χ2v) is 5.73. The molecule has 118 valence electrons. The van der Waals surface area contributed by atoms with Gasteiger partial charge in [0.25, 0.3) is 0 Å². The van der Waals surface area contributed by atoms with Crippen LogP contribution in [0.15, 0.2) is 24.3 Å². The fourth-order valence-corrected chi connectivity index (χ4v) is 2.74. The summed E-state index contributed by atoms with van der Waals surface area (Å²) in [6, 6.07) is -0.567. The third-order valence-corrected chi connectivity index (χ3v) is 3.86. The first-order valence-electron chi connectivity index (χ1n) is 7.51.